The van der Waals surface area contributed by atoms with Crippen molar-refractivity contribution in [2.45, 2.75) is 18.9 Å². The van der Waals surface area contributed by atoms with Crippen LogP contribution in [0.25, 0.3) is 6.08 Å². The van der Waals surface area contributed by atoms with Crippen LogP contribution in [0, 0.1) is 5.92 Å². The number of ether oxygens (including phenoxy) is 1. The molecule has 1 aliphatic heterocycles. The maximum Gasteiger partial charge on any atom is 0.246 e. The van der Waals surface area contributed by atoms with Gasteiger partial charge in [-0.3, -0.25) is 4.79 Å². The molecule has 1 fully saturated rings. The molecule has 0 N–H and O–H groups in total. The van der Waals surface area contributed by atoms with Gasteiger partial charge in [0, 0.05) is 37.1 Å². The van der Waals surface area contributed by atoms with Crippen LogP contribution in [0.3, 0.4) is 0 Å². The molecule has 24 heavy (non-hydrogen) atoms. The Morgan fingerprint density at radius 1 is 1.29 bits per heavy atom. The molecule has 0 bridgehead atoms. The van der Waals surface area contributed by atoms with Crippen LogP contribution in [0.15, 0.2) is 53.9 Å². The van der Waals surface area contributed by atoms with E-state index in [1.807, 2.05) is 34.6 Å². The second-order valence-electron chi connectivity index (χ2n) is 6.15. The van der Waals surface area contributed by atoms with Crippen LogP contribution >= 0.6 is 11.3 Å². The van der Waals surface area contributed by atoms with E-state index in [9.17, 15) is 4.79 Å². The first-order valence-corrected chi connectivity index (χ1v) is 9.21. The molecule has 4 heteroatoms. The summed E-state index contributed by atoms with van der Waals surface area (Å²) in [5.74, 6) is 0.432. The molecular weight excluding hydrogens is 318 g/mol. The van der Waals surface area contributed by atoms with E-state index in [-0.39, 0.29) is 12.0 Å². The van der Waals surface area contributed by atoms with E-state index < -0.39 is 0 Å². The molecule has 1 aliphatic rings. The number of amides is 1. The molecule has 2 aromatic rings. The highest BCUT2D eigenvalue weighted by Crippen LogP contribution is 2.24. The SMILES string of the molecule is CO[C@H]1CCN(C(=O)/C=C/c2cccs2)C[C@H]1Cc1ccccc1. The fourth-order valence-corrected chi connectivity index (χ4v) is 3.90. The lowest BCUT2D eigenvalue weighted by Gasteiger charge is -2.37. The van der Waals surface area contributed by atoms with Gasteiger partial charge in [-0.25, -0.2) is 0 Å². The summed E-state index contributed by atoms with van der Waals surface area (Å²) in [5, 5.41) is 2.02. The lowest BCUT2D eigenvalue weighted by molar-refractivity contribution is -0.130. The van der Waals surface area contributed by atoms with E-state index in [4.69, 9.17) is 4.74 Å². The largest absolute Gasteiger partial charge is 0.381 e. The smallest absolute Gasteiger partial charge is 0.246 e. The molecule has 0 spiro atoms. The van der Waals surface area contributed by atoms with Crippen LogP contribution in [-0.2, 0) is 16.0 Å². The normalized spacial score (nSPS) is 21.3. The van der Waals surface area contributed by atoms with Crippen molar-refractivity contribution in [1.82, 2.24) is 4.90 Å². The monoisotopic (exact) mass is 341 g/mol. The van der Waals surface area contributed by atoms with E-state index in [1.54, 1.807) is 24.5 Å². The van der Waals surface area contributed by atoms with E-state index in [2.05, 4.69) is 24.3 Å². The topological polar surface area (TPSA) is 29.5 Å². The van der Waals surface area contributed by atoms with Gasteiger partial charge in [0.1, 0.15) is 0 Å². The standard InChI is InChI=1S/C20H23NO2S/c1-23-19-11-12-21(20(22)10-9-18-8-5-13-24-18)15-17(19)14-16-6-3-2-4-7-16/h2-10,13,17,19H,11-12,14-15H2,1H3/b10-9+/t17-,19+/m1/s1. The number of benzene rings is 1. The minimum Gasteiger partial charge on any atom is -0.381 e. The first kappa shape index (κ1) is 16.9. The molecule has 1 amide bonds. The minimum atomic E-state index is 0.0935. The first-order chi connectivity index (χ1) is 11.8. The summed E-state index contributed by atoms with van der Waals surface area (Å²) in [6.45, 7) is 1.51. The number of likely N-dealkylation sites (tertiary alicyclic amines) is 1. The molecule has 0 radical (unpaired) electrons. The first-order valence-electron chi connectivity index (χ1n) is 8.33. The van der Waals surface area contributed by atoms with E-state index in [0.29, 0.717) is 5.92 Å². The number of carbonyl (C=O) groups is 1. The molecule has 0 aliphatic carbocycles. The number of hydrogen-bond donors (Lipinski definition) is 0. The third-order valence-corrected chi connectivity index (χ3v) is 5.39. The van der Waals surface area contributed by atoms with Gasteiger partial charge in [0.2, 0.25) is 5.91 Å². The number of piperidine rings is 1. The summed E-state index contributed by atoms with van der Waals surface area (Å²) in [7, 11) is 1.77. The van der Waals surface area contributed by atoms with Gasteiger partial charge in [0.25, 0.3) is 0 Å². The number of hydrogen-bond acceptors (Lipinski definition) is 3. The number of thiophene rings is 1. The fraction of sp³-hybridized carbons (Fsp3) is 0.350. The lowest BCUT2D eigenvalue weighted by Crippen LogP contribution is -2.46. The molecule has 3 rings (SSSR count). The second-order valence-corrected chi connectivity index (χ2v) is 7.12. The highest BCUT2D eigenvalue weighted by molar-refractivity contribution is 7.10. The second kappa shape index (κ2) is 8.27. The summed E-state index contributed by atoms with van der Waals surface area (Å²) in [4.78, 5) is 15.5. The van der Waals surface area contributed by atoms with Crippen LogP contribution < -0.4 is 0 Å². The van der Waals surface area contributed by atoms with Crippen LogP contribution in [-0.4, -0.2) is 37.1 Å². The van der Waals surface area contributed by atoms with Gasteiger partial charge in [0.05, 0.1) is 6.10 Å². The molecule has 1 saturated heterocycles. The van der Waals surface area contributed by atoms with Crippen molar-refractivity contribution in [2.24, 2.45) is 5.92 Å². The molecular formula is C20H23NO2S. The molecule has 3 nitrogen and oxygen atoms in total. The summed E-state index contributed by atoms with van der Waals surface area (Å²) in [6, 6.07) is 14.5. The zero-order chi connectivity index (χ0) is 16.8. The van der Waals surface area contributed by atoms with Crippen LogP contribution in [0.4, 0.5) is 0 Å². The average Bonchev–Trinajstić information content (AvgIpc) is 3.14. The quantitative estimate of drug-likeness (QED) is 0.773. The molecule has 0 saturated carbocycles. The average molecular weight is 341 g/mol. The maximum absolute atomic E-state index is 12.5. The van der Waals surface area contributed by atoms with Crippen molar-refractivity contribution in [3.05, 3.63) is 64.4 Å². The highest BCUT2D eigenvalue weighted by atomic mass is 32.1. The third kappa shape index (κ3) is 4.34. The van der Waals surface area contributed by atoms with Gasteiger partial charge in [-0.05, 0) is 35.9 Å². The number of carbonyl (C=O) groups excluding carboxylic acids is 1. The van der Waals surface area contributed by atoms with Crippen molar-refractivity contribution in [3.8, 4) is 0 Å². The number of nitrogens with zero attached hydrogens (tertiary/aromatic N) is 1. The Kier molecular flexibility index (Phi) is 5.83. The predicted molar refractivity (Wildman–Crippen MR) is 99.0 cm³/mol. The fourth-order valence-electron chi connectivity index (χ4n) is 3.28. The Morgan fingerprint density at radius 2 is 2.12 bits per heavy atom. The van der Waals surface area contributed by atoms with E-state index in [0.717, 1.165) is 30.8 Å². The van der Waals surface area contributed by atoms with Gasteiger partial charge in [0.15, 0.2) is 0 Å². The minimum absolute atomic E-state index is 0.0935. The zero-order valence-corrected chi connectivity index (χ0v) is 14.7. The number of rotatable bonds is 5. The van der Waals surface area contributed by atoms with Gasteiger partial charge < -0.3 is 9.64 Å². The van der Waals surface area contributed by atoms with Gasteiger partial charge in [-0.1, -0.05) is 36.4 Å². The summed E-state index contributed by atoms with van der Waals surface area (Å²) < 4.78 is 5.67. The van der Waals surface area contributed by atoms with Gasteiger partial charge in [-0.15, -0.1) is 11.3 Å². The Balaban J connectivity index is 1.64. The van der Waals surface area contributed by atoms with E-state index in [1.165, 1.54) is 5.56 Å². The van der Waals surface area contributed by atoms with Crippen molar-refractivity contribution in [3.63, 3.8) is 0 Å². The van der Waals surface area contributed by atoms with E-state index >= 15 is 0 Å². The van der Waals surface area contributed by atoms with Crippen molar-refractivity contribution in [1.29, 1.82) is 0 Å². The Bertz CT molecular complexity index is 666. The van der Waals surface area contributed by atoms with Crippen LogP contribution in [0.2, 0.25) is 0 Å². The maximum atomic E-state index is 12.5. The Hall–Kier alpha value is -1.91. The molecule has 2 heterocycles. The molecule has 126 valence electrons. The van der Waals surface area contributed by atoms with Crippen molar-refractivity contribution in [2.75, 3.05) is 20.2 Å². The Morgan fingerprint density at radius 3 is 2.83 bits per heavy atom. The zero-order valence-electron chi connectivity index (χ0n) is 13.9. The molecule has 1 aromatic heterocycles. The van der Waals surface area contributed by atoms with Crippen LogP contribution in [0.5, 0.6) is 0 Å². The lowest BCUT2D eigenvalue weighted by atomic mass is 9.88. The Labute approximate surface area is 147 Å². The third-order valence-electron chi connectivity index (χ3n) is 4.55. The van der Waals surface area contributed by atoms with Crippen molar-refractivity contribution >= 4 is 23.3 Å². The summed E-state index contributed by atoms with van der Waals surface area (Å²) in [5.41, 5.74) is 1.30. The highest BCUT2D eigenvalue weighted by Gasteiger charge is 2.30. The summed E-state index contributed by atoms with van der Waals surface area (Å²) >= 11 is 1.64. The van der Waals surface area contributed by atoms with Gasteiger partial charge >= 0.3 is 0 Å². The molecule has 2 atom stereocenters. The van der Waals surface area contributed by atoms with Crippen LogP contribution in [0.1, 0.15) is 16.9 Å². The predicted octanol–water partition coefficient (Wildman–Crippen LogP) is 3.87. The van der Waals surface area contributed by atoms with Crippen molar-refractivity contribution < 1.29 is 9.53 Å². The molecule has 0 unspecified atom stereocenters. The van der Waals surface area contributed by atoms with Gasteiger partial charge in [-0.2, -0.15) is 0 Å². The number of methoxy groups -OCH3 is 1. The molecule has 1 aromatic carbocycles. The summed E-state index contributed by atoms with van der Waals surface area (Å²) in [6.07, 6.45) is 5.65.